The van der Waals surface area contributed by atoms with E-state index in [9.17, 15) is 4.79 Å². The number of carbonyl (C=O) groups is 1. The third kappa shape index (κ3) is 3.43. The number of amides is 1. The van der Waals surface area contributed by atoms with Crippen molar-refractivity contribution in [1.29, 1.82) is 0 Å². The van der Waals surface area contributed by atoms with E-state index in [2.05, 4.69) is 37.2 Å². The molecule has 0 aromatic heterocycles. The van der Waals surface area contributed by atoms with E-state index in [-0.39, 0.29) is 5.91 Å². The standard InChI is InChI=1S/C15H12Br2ClNO/c1-8-5-11(6-9(2)14(8)17)19-15(20)12-4-3-10(16)7-13(12)18/h3-7H,1-2H3,(H,19,20). The molecule has 20 heavy (non-hydrogen) atoms. The predicted octanol–water partition coefficient (Wildman–Crippen LogP) is 5.73. The maximum Gasteiger partial charge on any atom is 0.257 e. The van der Waals surface area contributed by atoms with Gasteiger partial charge in [0.1, 0.15) is 0 Å². The number of nitrogens with one attached hydrogen (secondary N) is 1. The molecule has 0 aliphatic heterocycles. The minimum absolute atomic E-state index is 0.219. The first-order valence-electron chi connectivity index (χ1n) is 5.91. The second-order valence-corrected chi connectivity index (χ2v) is 6.62. The fraction of sp³-hybridized carbons (Fsp3) is 0.133. The Balaban J connectivity index is 2.28. The molecule has 2 nitrogen and oxygen atoms in total. The van der Waals surface area contributed by atoms with Gasteiger partial charge in [-0.2, -0.15) is 0 Å². The van der Waals surface area contributed by atoms with E-state index >= 15 is 0 Å². The minimum Gasteiger partial charge on any atom is -0.322 e. The summed E-state index contributed by atoms with van der Waals surface area (Å²) in [5.74, 6) is -0.219. The molecule has 0 spiro atoms. The average Bonchev–Trinajstić information content (AvgIpc) is 2.35. The molecule has 0 saturated carbocycles. The van der Waals surface area contributed by atoms with Crippen LogP contribution in [-0.2, 0) is 0 Å². The van der Waals surface area contributed by atoms with Crippen molar-refractivity contribution in [2.24, 2.45) is 0 Å². The van der Waals surface area contributed by atoms with Crippen LogP contribution in [0.25, 0.3) is 0 Å². The van der Waals surface area contributed by atoms with Crippen molar-refractivity contribution in [3.05, 3.63) is 61.0 Å². The summed E-state index contributed by atoms with van der Waals surface area (Å²) in [5.41, 5.74) is 3.35. The largest absolute Gasteiger partial charge is 0.322 e. The lowest BCUT2D eigenvalue weighted by Crippen LogP contribution is -2.12. The molecular formula is C15H12Br2ClNO. The van der Waals surface area contributed by atoms with Gasteiger partial charge in [-0.15, -0.1) is 0 Å². The topological polar surface area (TPSA) is 29.1 Å². The third-order valence-corrected chi connectivity index (χ3v) is 4.93. The van der Waals surface area contributed by atoms with Gasteiger partial charge in [0.2, 0.25) is 0 Å². The van der Waals surface area contributed by atoms with Crippen molar-refractivity contribution < 1.29 is 4.79 Å². The Labute approximate surface area is 139 Å². The lowest BCUT2D eigenvalue weighted by Gasteiger charge is -2.10. The molecule has 2 rings (SSSR count). The van der Waals surface area contributed by atoms with E-state index in [1.54, 1.807) is 18.2 Å². The molecule has 0 bridgehead atoms. The summed E-state index contributed by atoms with van der Waals surface area (Å²) >= 11 is 12.9. The zero-order chi connectivity index (χ0) is 14.9. The smallest absolute Gasteiger partial charge is 0.257 e. The lowest BCUT2D eigenvalue weighted by molar-refractivity contribution is 0.102. The van der Waals surface area contributed by atoms with E-state index < -0.39 is 0 Å². The van der Waals surface area contributed by atoms with Crippen LogP contribution in [0.4, 0.5) is 5.69 Å². The summed E-state index contributed by atoms with van der Waals surface area (Å²) < 4.78 is 1.89. The van der Waals surface area contributed by atoms with Crippen LogP contribution in [0.2, 0.25) is 5.02 Å². The van der Waals surface area contributed by atoms with Crippen molar-refractivity contribution in [2.45, 2.75) is 13.8 Å². The minimum atomic E-state index is -0.219. The molecule has 104 valence electrons. The van der Waals surface area contributed by atoms with Gasteiger partial charge in [-0.25, -0.2) is 0 Å². The van der Waals surface area contributed by atoms with Gasteiger partial charge in [0.05, 0.1) is 10.6 Å². The van der Waals surface area contributed by atoms with Gasteiger partial charge in [0, 0.05) is 14.6 Å². The van der Waals surface area contributed by atoms with Crippen LogP contribution in [0.3, 0.4) is 0 Å². The molecule has 1 N–H and O–H groups in total. The normalized spacial score (nSPS) is 10.4. The number of halogens is 3. The van der Waals surface area contributed by atoms with Gasteiger partial charge in [-0.1, -0.05) is 43.5 Å². The quantitative estimate of drug-likeness (QED) is 0.664. The zero-order valence-corrected chi connectivity index (χ0v) is 14.9. The molecule has 1 amide bonds. The van der Waals surface area contributed by atoms with E-state index in [0.717, 1.165) is 25.8 Å². The first-order valence-corrected chi connectivity index (χ1v) is 7.88. The van der Waals surface area contributed by atoms with Crippen molar-refractivity contribution in [1.82, 2.24) is 0 Å². The van der Waals surface area contributed by atoms with Crippen LogP contribution in [-0.4, -0.2) is 5.91 Å². The first kappa shape index (κ1) is 15.5. The number of hydrogen-bond acceptors (Lipinski definition) is 1. The summed E-state index contributed by atoms with van der Waals surface area (Å²) in [6.07, 6.45) is 0. The van der Waals surface area contributed by atoms with Crippen LogP contribution in [0.1, 0.15) is 21.5 Å². The Kier molecular flexibility index (Phi) is 4.89. The molecule has 0 radical (unpaired) electrons. The third-order valence-electron chi connectivity index (χ3n) is 2.87. The summed E-state index contributed by atoms with van der Waals surface area (Å²) in [6, 6.07) is 9.03. The van der Waals surface area contributed by atoms with Crippen LogP contribution < -0.4 is 5.32 Å². The highest BCUT2D eigenvalue weighted by atomic mass is 79.9. The van der Waals surface area contributed by atoms with Gasteiger partial charge >= 0.3 is 0 Å². The molecule has 5 heteroatoms. The Hall–Kier alpha value is -0.840. The van der Waals surface area contributed by atoms with Crippen LogP contribution in [0.5, 0.6) is 0 Å². The fourth-order valence-electron chi connectivity index (χ4n) is 1.89. The van der Waals surface area contributed by atoms with Crippen molar-refractivity contribution in [3.8, 4) is 0 Å². The second kappa shape index (κ2) is 6.29. The van der Waals surface area contributed by atoms with Gasteiger partial charge in [-0.3, -0.25) is 4.79 Å². The number of aryl methyl sites for hydroxylation is 2. The Morgan fingerprint density at radius 3 is 2.25 bits per heavy atom. The Bertz CT molecular complexity index is 663. The summed E-state index contributed by atoms with van der Waals surface area (Å²) in [4.78, 5) is 12.2. The Morgan fingerprint density at radius 2 is 1.70 bits per heavy atom. The Morgan fingerprint density at radius 1 is 1.10 bits per heavy atom. The number of rotatable bonds is 2. The van der Waals surface area contributed by atoms with E-state index in [0.29, 0.717) is 10.6 Å². The fourth-order valence-corrected chi connectivity index (χ4v) is 2.88. The maximum atomic E-state index is 12.2. The monoisotopic (exact) mass is 415 g/mol. The number of carbonyl (C=O) groups excluding carboxylic acids is 1. The highest BCUT2D eigenvalue weighted by molar-refractivity contribution is 9.10. The molecule has 0 aliphatic carbocycles. The van der Waals surface area contributed by atoms with Gasteiger partial charge in [0.25, 0.3) is 5.91 Å². The molecule has 0 saturated heterocycles. The molecule has 0 fully saturated rings. The number of hydrogen-bond donors (Lipinski definition) is 1. The molecule has 2 aromatic rings. The van der Waals surface area contributed by atoms with Crippen LogP contribution in [0.15, 0.2) is 39.3 Å². The van der Waals surface area contributed by atoms with E-state index in [4.69, 9.17) is 11.6 Å². The number of anilines is 1. The molecule has 0 aliphatic rings. The van der Waals surface area contributed by atoms with E-state index in [1.807, 2.05) is 26.0 Å². The van der Waals surface area contributed by atoms with Gasteiger partial charge in [-0.05, 0) is 55.3 Å². The van der Waals surface area contributed by atoms with E-state index in [1.165, 1.54) is 0 Å². The predicted molar refractivity (Wildman–Crippen MR) is 90.7 cm³/mol. The van der Waals surface area contributed by atoms with Gasteiger partial charge in [0.15, 0.2) is 0 Å². The summed E-state index contributed by atoms with van der Waals surface area (Å²) in [7, 11) is 0. The van der Waals surface area contributed by atoms with Crippen molar-refractivity contribution in [3.63, 3.8) is 0 Å². The first-order chi connectivity index (χ1) is 9.38. The summed E-state index contributed by atoms with van der Waals surface area (Å²) in [6.45, 7) is 3.97. The SMILES string of the molecule is Cc1cc(NC(=O)c2ccc(Br)cc2Cl)cc(C)c1Br. The molecule has 0 unspecified atom stereocenters. The number of benzene rings is 2. The second-order valence-electron chi connectivity index (χ2n) is 4.50. The van der Waals surface area contributed by atoms with Crippen LogP contribution >= 0.6 is 43.5 Å². The summed E-state index contributed by atoms with van der Waals surface area (Å²) in [5, 5.41) is 3.29. The van der Waals surface area contributed by atoms with Crippen molar-refractivity contribution in [2.75, 3.05) is 5.32 Å². The van der Waals surface area contributed by atoms with Crippen molar-refractivity contribution >= 4 is 55.1 Å². The molecule has 2 aromatic carbocycles. The lowest BCUT2D eigenvalue weighted by atomic mass is 10.1. The van der Waals surface area contributed by atoms with Crippen LogP contribution in [0, 0.1) is 13.8 Å². The molecule has 0 atom stereocenters. The molecule has 0 heterocycles. The van der Waals surface area contributed by atoms with Gasteiger partial charge < -0.3 is 5.32 Å². The average molecular weight is 418 g/mol. The highest BCUT2D eigenvalue weighted by Gasteiger charge is 2.12. The zero-order valence-electron chi connectivity index (χ0n) is 10.9. The highest BCUT2D eigenvalue weighted by Crippen LogP contribution is 2.26. The maximum absolute atomic E-state index is 12.2. The molecular weight excluding hydrogens is 405 g/mol.